The lowest BCUT2D eigenvalue weighted by atomic mass is 10.2. The van der Waals surface area contributed by atoms with Crippen molar-refractivity contribution in [2.24, 2.45) is 10.9 Å². The largest absolute Gasteiger partial charge is 0.409 e. The van der Waals surface area contributed by atoms with Gasteiger partial charge in [-0.1, -0.05) is 5.16 Å². The molecule has 88 valence electrons. The maximum atomic E-state index is 8.56. The molecule has 0 aliphatic heterocycles. The second-order valence-corrected chi connectivity index (χ2v) is 4.28. The first-order valence-electron chi connectivity index (χ1n) is 4.93. The van der Waals surface area contributed by atoms with Gasteiger partial charge in [-0.3, -0.25) is 0 Å². The van der Waals surface area contributed by atoms with E-state index in [2.05, 4.69) is 10.1 Å². The normalized spacial score (nSPS) is 11.5. The highest BCUT2D eigenvalue weighted by molar-refractivity contribution is 7.13. The van der Waals surface area contributed by atoms with Gasteiger partial charge < -0.3 is 15.8 Å². The highest BCUT2D eigenvalue weighted by Gasteiger charge is 2.06. The lowest BCUT2D eigenvalue weighted by Gasteiger charge is -2.15. The third-order valence-electron chi connectivity index (χ3n) is 2.36. The Balaban J connectivity index is 2.24. The number of thiazole rings is 1. The van der Waals surface area contributed by atoms with Crippen molar-refractivity contribution >= 4 is 28.0 Å². The summed E-state index contributed by atoms with van der Waals surface area (Å²) in [5, 5.41) is 14.4. The van der Waals surface area contributed by atoms with Gasteiger partial charge in [0, 0.05) is 29.9 Å². The smallest absolute Gasteiger partial charge is 0.189 e. The minimum Gasteiger partial charge on any atom is -0.409 e. The van der Waals surface area contributed by atoms with E-state index in [9.17, 15) is 0 Å². The van der Waals surface area contributed by atoms with Crippen LogP contribution in [-0.4, -0.2) is 23.1 Å². The standard InChI is InChI=1S/C11H12N4OS/c1-15(11-13-6-7-17-11)9-4-2-8(3-5-9)10(12)14-16/h2-7,16H,1H3,(H2,12,14). The van der Waals surface area contributed by atoms with Crippen LogP contribution in [0.3, 0.4) is 0 Å². The Morgan fingerprint density at radius 2 is 2.12 bits per heavy atom. The summed E-state index contributed by atoms with van der Waals surface area (Å²) in [4.78, 5) is 6.20. The van der Waals surface area contributed by atoms with Gasteiger partial charge in [0.05, 0.1) is 0 Å². The predicted octanol–water partition coefficient (Wildman–Crippen LogP) is 2.01. The van der Waals surface area contributed by atoms with Crippen LogP contribution < -0.4 is 10.6 Å². The molecule has 0 saturated heterocycles. The molecule has 0 bridgehead atoms. The van der Waals surface area contributed by atoms with Crippen molar-refractivity contribution in [3.8, 4) is 0 Å². The molecule has 0 fully saturated rings. The highest BCUT2D eigenvalue weighted by atomic mass is 32.1. The summed E-state index contributed by atoms with van der Waals surface area (Å²) in [6.07, 6.45) is 1.77. The van der Waals surface area contributed by atoms with E-state index in [-0.39, 0.29) is 5.84 Å². The number of benzene rings is 1. The van der Waals surface area contributed by atoms with Gasteiger partial charge in [-0.2, -0.15) is 0 Å². The highest BCUT2D eigenvalue weighted by Crippen LogP contribution is 2.25. The molecule has 6 heteroatoms. The number of nitrogens with zero attached hydrogens (tertiary/aromatic N) is 3. The minimum atomic E-state index is 0.105. The van der Waals surface area contributed by atoms with E-state index in [1.807, 2.05) is 29.5 Å². The molecule has 0 amide bonds. The van der Waals surface area contributed by atoms with Gasteiger partial charge in [-0.05, 0) is 24.3 Å². The van der Waals surface area contributed by atoms with Gasteiger partial charge in [-0.25, -0.2) is 4.98 Å². The Hall–Kier alpha value is -2.08. The van der Waals surface area contributed by atoms with Crippen LogP contribution in [-0.2, 0) is 0 Å². The summed E-state index contributed by atoms with van der Waals surface area (Å²) in [5.74, 6) is 0.105. The van der Waals surface area contributed by atoms with Gasteiger partial charge in [0.25, 0.3) is 0 Å². The van der Waals surface area contributed by atoms with Crippen molar-refractivity contribution in [3.63, 3.8) is 0 Å². The zero-order valence-corrected chi connectivity index (χ0v) is 10.1. The van der Waals surface area contributed by atoms with Crippen molar-refractivity contribution in [1.29, 1.82) is 0 Å². The van der Waals surface area contributed by atoms with Crippen LogP contribution in [0.15, 0.2) is 41.0 Å². The number of hydrogen-bond acceptors (Lipinski definition) is 5. The fraction of sp³-hybridized carbons (Fsp3) is 0.0909. The van der Waals surface area contributed by atoms with Gasteiger partial charge in [0.15, 0.2) is 11.0 Å². The first-order chi connectivity index (χ1) is 8.22. The molecule has 0 radical (unpaired) electrons. The fourth-order valence-corrected chi connectivity index (χ4v) is 2.03. The average Bonchev–Trinajstić information content (AvgIpc) is 2.91. The molecular formula is C11H12N4OS. The van der Waals surface area contributed by atoms with E-state index in [0.717, 1.165) is 10.8 Å². The minimum absolute atomic E-state index is 0.105. The Kier molecular flexibility index (Phi) is 3.24. The van der Waals surface area contributed by atoms with Gasteiger partial charge in [0.2, 0.25) is 0 Å². The number of amidine groups is 1. The summed E-state index contributed by atoms with van der Waals surface area (Å²) < 4.78 is 0. The molecule has 0 saturated carbocycles. The maximum absolute atomic E-state index is 8.56. The van der Waals surface area contributed by atoms with Crippen LogP contribution >= 0.6 is 11.3 Å². The molecule has 17 heavy (non-hydrogen) atoms. The molecule has 1 heterocycles. The molecule has 1 aromatic carbocycles. The summed E-state index contributed by atoms with van der Waals surface area (Å²) in [6, 6.07) is 7.40. The van der Waals surface area contributed by atoms with Gasteiger partial charge in [0.1, 0.15) is 0 Å². The molecule has 2 aromatic rings. The van der Waals surface area contributed by atoms with Crippen molar-refractivity contribution < 1.29 is 5.21 Å². The van der Waals surface area contributed by atoms with Crippen molar-refractivity contribution in [1.82, 2.24) is 4.98 Å². The SMILES string of the molecule is CN(c1ccc(/C(N)=N/O)cc1)c1nccs1. The topological polar surface area (TPSA) is 74.7 Å². The molecule has 0 aliphatic carbocycles. The Morgan fingerprint density at radius 3 is 2.65 bits per heavy atom. The van der Waals surface area contributed by atoms with E-state index in [1.54, 1.807) is 29.7 Å². The zero-order chi connectivity index (χ0) is 12.3. The van der Waals surface area contributed by atoms with Crippen LogP contribution in [0.1, 0.15) is 5.56 Å². The molecular weight excluding hydrogens is 236 g/mol. The lowest BCUT2D eigenvalue weighted by molar-refractivity contribution is 0.318. The molecule has 0 spiro atoms. The fourth-order valence-electron chi connectivity index (χ4n) is 1.41. The third-order valence-corrected chi connectivity index (χ3v) is 3.21. The second-order valence-electron chi connectivity index (χ2n) is 3.41. The van der Waals surface area contributed by atoms with E-state index in [4.69, 9.17) is 10.9 Å². The van der Waals surface area contributed by atoms with E-state index >= 15 is 0 Å². The monoisotopic (exact) mass is 248 g/mol. The summed E-state index contributed by atoms with van der Waals surface area (Å²) >= 11 is 1.57. The zero-order valence-electron chi connectivity index (χ0n) is 9.24. The predicted molar refractivity (Wildman–Crippen MR) is 69.1 cm³/mol. The third kappa shape index (κ3) is 2.36. The molecule has 2 rings (SSSR count). The first-order valence-corrected chi connectivity index (χ1v) is 5.81. The van der Waals surface area contributed by atoms with Gasteiger partial charge in [-0.15, -0.1) is 11.3 Å². The van der Waals surface area contributed by atoms with Crippen LogP contribution in [0.5, 0.6) is 0 Å². The summed E-state index contributed by atoms with van der Waals surface area (Å²) in [6.45, 7) is 0. The molecule has 5 nitrogen and oxygen atoms in total. The summed E-state index contributed by atoms with van der Waals surface area (Å²) in [5.41, 5.74) is 7.17. The van der Waals surface area contributed by atoms with E-state index < -0.39 is 0 Å². The maximum Gasteiger partial charge on any atom is 0.189 e. The summed E-state index contributed by atoms with van der Waals surface area (Å²) in [7, 11) is 1.94. The number of hydrogen-bond donors (Lipinski definition) is 2. The molecule has 1 aromatic heterocycles. The van der Waals surface area contributed by atoms with E-state index in [0.29, 0.717) is 5.56 Å². The van der Waals surface area contributed by atoms with Crippen molar-refractivity contribution in [3.05, 3.63) is 41.4 Å². The second kappa shape index (κ2) is 4.84. The first kappa shape index (κ1) is 11.4. The van der Waals surface area contributed by atoms with Crippen molar-refractivity contribution in [2.45, 2.75) is 0 Å². The Bertz CT molecular complexity index is 507. The number of rotatable bonds is 3. The lowest BCUT2D eigenvalue weighted by Crippen LogP contribution is -2.14. The molecule has 0 unspecified atom stereocenters. The number of nitrogens with two attached hydrogens (primary N) is 1. The Labute approximate surface area is 103 Å². The van der Waals surface area contributed by atoms with Crippen LogP contribution in [0.4, 0.5) is 10.8 Å². The average molecular weight is 248 g/mol. The van der Waals surface area contributed by atoms with Crippen LogP contribution in [0.25, 0.3) is 0 Å². The van der Waals surface area contributed by atoms with Crippen LogP contribution in [0.2, 0.25) is 0 Å². The quantitative estimate of drug-likeness (QED) is 0.377. The molecule has 3 N–H and O–H groups in total. The number of oxime groups is 1. The molecule has 0 aliphatic rings. The Morgan fingerprint density at radius 1 is 1.41 bits per heavy atom. The number of anilines is 2. The van der Waals surface area contributed by atoms with Crippen molar-refractivity contribution in [2.75, 3.05) is 11.9 Å². The number of aromatic nitrogens is 1. The van der Waals surface area contributed by atoms with Gasteiger partial charge >= 0.3 is 0 Å². The van der Waals surface area contributed by atoms with Crippen LogP contribution in [0, 0.1) is 0 Å². The van der Waals surface area contributed by atoms with E-state index in [1.165, 1.54) is 0 Å². The molecule has 0 atom stereocenters.